The second-order valence-electron chi connectivity index (χ2n) is 3.31. The van der Waals surface area contributed by atoms with Crippen LogP contribution in [-0.2, 0) is 9.68 Å². The van der Waals surface area contributed by atoms with Crippen LogP contribution in [0.25, 0.3) is 0 Å². The van der Waals surface area contributed by atoms with E-state index in [1.807, 2.05) is 0 Å². The van der Waals surface area contributed by atoms with Crippen molar-refractivity contribution in [2.45, 2.75) is 13.8 Å². The summed E-state index contributed by atoms with van der Waals surface area (Å²) < 4.78 is 0. The summed E-state index contributed by atoms with van der Waals surface area (Å²) in [6.07, 6.45) is 0. The summed E-state index contributed by atoms with van der Waals surface area (Å²) in [4.78, 5) is 32.6. The summed E-state index contributed by atoms with van der Waals surface area (Å²) in [6.45, 7) is 4.31. The van der Waals surface area contributed by atoms with Crippen molar-refractivity contribution in [2.24, 2.45) is 0 Å². The van der Waals surface area contributed by atoms with Crippen LogP contribution >= 0.6 is 0 Å². The van der Waals surface area contributed by atoms with E-state index in [1.54, 1.807) is 13.8 Å². The van der Waals surface area contributed by atoms with Gasteiger partial charge in [0.05, 0.1) is 13.2 Å². The molecule has 0 heterocycles. The van der Waals surface area contributed by atoms with Crippen LogP contribution in [-0.4, -0.2) is 25.0 Å². The minimum Gasteiger partial charge on any atom is -0.274 e. The molecule has 98 valence electrons. The Hall–Kier alpha value is -1.92. The van der Waals surface area contributed by atoms with Crippen LogP contribution in [0, 0.1) is 0 Å². The largest absolute Gasteiger partial charge is 0.274 e. The van der Waals surface area contributed by atoms with E-state index in [0.717, 1.165) is 0 Å². The van der Waals surface area contributed by atoms with Crippen molar-refractivity contribution in [2.75, 3.05) is 13.2 Å². The second kappa shape index (κ2) is 7.41. The predicted molar refractivity (Wildman–Crippen MR) is 64.6 cm³/mol. The van der Waals surface area contributed by atoms with Gasteiger partial charge in [-0.2, -0.15) is 0 Å². The molecule has 0 aliphatic heterocycles. The first-order valence-corrected chi connectivity index (χ1v) is 5.63. The average Bonchev–Trinajstić information content (AvgIpc) is 2.42. The summed E-state index contributed by atoms with van der Waals surface area (Å²) >= 11 is 0. The molecule has 0 bridgehead atoms. The number of benzene rings is 1. The fourth-order valence-corrected chi connectivity index (χ4v) is 1.17. The number of carbonyl (C=O) groups excluding carboxylic acids is 2. The van der Waals surface area contributed by atoms with E-state index in [4.69, 9.17) is 9.68 Å². The van der Waals surface area contributed by atoms with Gasteiger partial charge in [0.15, 0.2) is 0 Å². The van der Waals surface area contributed by atoms with Gasteiger partial charge in [0, 0.05) is 11.1 Å². The minimum atomic E-state index is -0.353. The number of carbonyl (C=O) groups is 2. The van der Waals surface area contributed by atoms with Crippen LogP contribution in [0.1, 0.15) is 34.6 Å². The van der Waals surface area contributed by atoms with Crippen LogP contribution < -0.4 is 11.0 Å². The highest BCUT2D eigenvalue weighted by Gasteiger charge is 2.08. The highest BCUT2D eigenvalue weighted by atomic mass is 16.7. The molecule has 2 amide bonds. The van der Waals surface area contributed by atoms with Gasteiger partial charge < -0.3 is 0 Å². The first-order chi connectivity index (χ1) is 8.69. The molecule has 0 atom stereocenters. The van der Waals surface area contributed by atoms with Gasteiger partial charge in [-0.1, -0.05) is 0 Å². The molecule has 0 saturated carbocycles. The van der Waals surface area contributed by atoms with Crippen LogP contribution in [0.2, 0.25) is 0 Å². The van der Waals surface area contributed by atoms with Gasteiger partial charge in [0.25, 0.3) is 11.8 Å². The van der Waals surface area contributed by atoms with Crippen LogP contribution in [0.5, 0.6) is 0 Å². The molecule has 0 fully saturated rings. The van der Waals surface area contributed by atoms with Gasteiger partial charge in [0.2, 0.25) is 0 Å². The van der Waals surface area contributed by atoms with E-state index >= 15 is 0 Å². The molecular weight excluding hydrogens is 236 g/mol. The number of hydrogen-bond donors (Lipinski definition) is 2. The zero-order valence-electron chi connectivity index (χ0n) is 10.4. The molecule has 18 heavy (non-hydrogen) atoms. The third-order valence-corrected chi connectivity index (χ3v) is 2.03. The van der Waals surface area contributed by atoms with Gasteiger partial charge in [0.1, 0.15) is 0 Å². The molecule has 0 aromatic heterocycles. The molecule has 0 aliphatic carbocycles. The molecule has 0 aliphatic rings. The van der Waals surface area contributed by atoms with Gasteiger partial charge in [-0.25, -0.2) is 11.0 Å². The van der Waals surface area contributed by atoms with Crippen LogP contribution in [0.3, 0.4) is 0 Å². The zero-order chi connectivity index (χ0) is 13.4. The zero-order valence-corrected chi connectivity index (χ0v) is 10.4. The lowest BCUT2D eigenvalue weighted by atomic mass is 10.1. The van der Waals surface area contributed by atoms with E-state index in [-0.39, 0.29) is 11.8 Å². The van der Waals surface area contributed by atoms with Crippen molar-refractivity contribution in [3.63, 3.8) is 0 Å². The summed E-state index contributed by atoms with van der Waals surface area (Å²) in [5.41, 5.74) is 5.36. The van der Waals surface area contributed by atoms with E-state index in [0.29, 0.717) is 24.3 Å². The monoisotopic (exact) mass is 252 g/mol. The molecule has 0 radical (unpaired) electrons. The maximum absolute atomic E-state index is 11.5. The number of amides is 2. The SMILES string of the molecule is CCONC(=O)c1ccc(C(=O)NOCC)cc1. The smallest absolute Gasteiger partial charge is 0.274 e. The van der Waals surface area contributed by atoms with Gasteiger partial charge >= 0.3 is 0 Å². The van der Waals surface area contributed by atoms with Gasteiger partial charge in [-0.3, -0.25) is 19.3 Å². The fourth-order valence-electron chi connectivity index (χ4n) is 1.17. The van der Waals surface area contributed by atoms with Crippen LogP contribution in [0.15, 0.2) is 24.3 Å². The Morgan fingerprint density at radius 3 is 1.50 bits per heavy atom. The summed E-state index contributed by atoms with van der Waals surface area (Å²) in [6, 6.07) is 6.15. The highest BCUT2D eigenvalue weighted by Crippen LogP contribution is 2.04. The van der Waals surface area contributed by atoms with Crippen molar-refractivity contribution in [1.29, 1.82) is 0 Å². The standard InChI is InChI=1S/C12H16N2O4/c1-3-17-13-11(15)9-5-7-10(8-6-9)12(16)14-18-4-2/h5-8H,3-4H2,1-2H3,(H,13,15)(H,14,16). The normalized spacial score (nSPS) is 9.89. The molecule has 6 heteroatoms. The molecular formula is C12H16N2O4. The molecule has 1 aromatic rings. The first-order valence-electron chi connectivity index (χ1n) is 5.63. The van der Waals surface area contributed by atoms with E-state index < -0.39 is 0 Å². The molecule has 6 nitrogen and oxygen atoms in total. The topological polar surface area (TPSA) is 76.7 Å². The maximum Gasteiger partial charge on any atom is 0.274 e. The highest BCUT2D eigenvalue weighted by molar-refractivity contribution is 5.97. The Morgan fingerprint density at radius 2 is 1.22 bits per heavy atom. The molecule has 0 unspecified atom stereocenters. The summed E-state index contributed by atoms with van der Waals surface area (Å²) in [7, 11) is 0. The number of hydroxylamine groups is 2. The third kappa shape index (κ3) is 4.15. The lowest BCUT2D eigenvalue weighted by Gasteiger charge is -2.06. The Kier molecular flexibility index (Phi) is 5.83. The maximum atomic E-state index is 11.5. The Balaban J connectivity index is 2.62. The van der Waals surface area contributed by atoms with E-state index in [1.165, 1.54) is 24.3 Å². The molecule has 1 rings (SSSR count). The Labute approximate surface area is 105 Å². The van der Waals surface area contributed by atoms with E-state index in [9.17, 15) is 9.59 Å². The van der Waals surface area contributed by atoms with Gasteiger partial charge in [-0.15, -0.1) is 0 Å². The van der Waals surface area contributed by atoms with Gasteiger partial charge in [-0.05, 0) is 38.1 Å². The number of nitrogens with one attached hydrogen (secondary N) is 2. The predicted octanol–water partition coefficient (Wildman–Crippen LogP) is 1.05. The summed E-state index contributed by atoms with van der Waals surface area (Å²) in [5.74, 6) is -0.706. The number of rotatable bonds is 6. The summed E-state index contributed by atoms with van der Waals surface area (Å²) in [5, 5.41) is 0. The van der Waals surface area contributed by atoms with Crippen molar-refractivity contribution in [3.05, 3.63) is 35.4 Å². The van der Waals surface area contributed by atoms with Crippen molar-refractivity contribution in [1.82, 2.24) is 11.0 Å². The molecule has 2 N–H and O–H groups in total. The molecule has 1 aromatic carbocycles. The van der Waals surface area contributed by atoms with Crippen molar-refractivity contribution < 1.29 is 19.3 Å². The van der Waals surface area contributed by atoms with Crippen molar-refractivity contribution >= 4 is 11.8 Å². The lowest BCUT2D eigenvalue weighted by Crippen LogP contribution is -2.25. The molecule has 0 saturated heterocycles. The third-order valence-electron chi connectivity index (χ3n) is 2.03. The van der Waals surface area contributed by atoms with E-state index in [2.05, 4.69) is 11.0 Å². The van der Waals surface area contributed by atoms with Crippen molar-refractivity contribution in [3.8, 4) is 0 Å². The lowest BCUT2D eigenvalue weighted by molar-refractivity contribution is 0.0359. The quantitative estimate of drug-likeness (QED) is 0.742. The Bertz CT molecular complexity index is 364. The first kappa shape index (κ1) is 14.1. The minimum absolute atomic E-state index is 0.353. The van der Waals surface area contributed by atoms with Crippen LogP contribution in [0.4, 0.5) is 0 Å². The number of hydrogen-bond acceptors (Lipinski definition) is 4. The average molecular weight is 252 g/mol. The Morgan fingerprint density at radius 1 is 0.889 bits per heavy atom. The molecule has 0 spiro atoms. The fraction of sp³-hybridized carbons (Fsp3) is 0.333. The second-order valence-corrected chi connectivity index (χ2v) is 3.31.